The lowest BCUT2D eigenvalue weighted by atomic mass is 10.0. The highest BCUT2D eigenvalue weighted by Crippen LogP contribution is 2.17. The van der Waals surface area contributed by atoms with E-state index in [0.29, 0.717) is 12.0 Å². The van der Waals surface area contributed by atoms with E-state index in [4.69, 9.17) is 0 Å². The molecule has 1 aliphatic heterocycles. The van der Waals surface area contributed by atoms with Gasteiger partial charge < -0.3 is 0 Å². The van der Waals surface area contributed by atoms with Crippen molar-refractivity contribution >= 4 is 0 Å². The summed E-state index contributed by atoms with van der Waals surface area (Å²) in [5.74, 6) is -1.06. The molecule has 2 unspecified atom stereocenters. The van der Waals surface area contributed by atoms with Crippen LogP contribution in [0.5, 0.6) is 0 Å². The van der Waals surface area contributed by atoms with E-state index in [1.807, 2.05) is 0 Å². The zero-order valence-electron chi connectivity index (χ0n) is 9.63. The molecule has 2 radical (unpaired) electrons. The van der Waals surface area contributed by atoms with Gasteiger partial charge in [0.15, 0.2) is 0 Å². The van der Waals surface area contributed by atoms with Crippen LogP contribution in [0.4, 0.5) is 8.78 Å². The normalized spacial score (nSPS) is 25.6. The molecule has 1 N–H and O–H groups in total. The van der Waals surface area contributed by atoms with Gasteiger partial charge in [-0.05, 0) is 30.9 Å². The Morgan fingerprint density at radius 2 is 2.00 bits per heavy atom. The number of nitrogens with one attached hydrogen (secondary N) is 1. The highest BCUT2D eigenvalue weighted by atomic mass is 19.1. The molecule has 92 valence electrons. The maximum Gasteiger partial charge on any atom is 0.129 e. The molecule has 1 aromatic carbocycles. The Hall–Kier alpha value is -1.00. The Kier molecular flexibility index (Phi) is 4.07. The van der Waals surface area contributed by atoms with Gasteiger partial charge >= 0.3 is 0 Å². The van der Waals surface area contributed by atoms with Gasteiger partial charge in [-0.3, -0.25) is 5.32 Å². The molecule has 17 heavy (non-hydrogen) atoms. The molecular formula is C13H16F2N2. The first-order valence-corrected chi connectivity index (χ1v) is 6.03. The molecule has 1 heterocycles. The fraction of sp³-hybridized carbons (Fsp3) is 0.538. The van der Waals surface area contributed by atoms with Gasteiger partial charge in [0.05, 0.1) is 6.17 Å². The summed E-state index contributed by atoms with van der Waals surface area (Å²) < 4.78 is 26.2. The minimum Gasteiger partial charge on any atom is -0.296 e. The summed E-state index contributed by atoms with van der Waals surface area (Å²) in [5.41, 5.74) is 10.1. The first-order chi connectivity index (χ1) is 8.15. The molecule has 0 spiro atoms. The Balaban J connectivity index is 2.03. The van der Waals surface area contributed by atoms with Gasteiger partial charge in [0.2, 0.25) is 0 Å². The Morgan fingerprint density at radius 3 is 2.76 bits per heavy atom. The van der Waals surface area contributed by atoms with Crippen LogP contribution in [-0.2, 0) is 6.42 Å². The smallest absolute Gasteiger partial charge is 0.129 e. The maximum atomic E-state index is 13.5. The van der Waals surface area contributed by atoms with Crippen LogP contribution in [0, 0.1) is 11.6 Å². The summed E-state index contributed by atoms with van der Waals surface area (Å²) in [6.07, 6.45) is 3.64. The van der Waals surface area contributed by atoms with Gasteiger partial charge in [0.25, 0.3) is 0 Å². The molecule has 2 rings (SSSR count). The number of hydrogen-bond acceptors (Lipinski definition) is 1. The van der Waals surface area contributed by atoms with Crippen LogP contribution >= 0.6 is 0 Å². The zero-order chi connectivity index (χ0) is 12.3. The molecule has 2 nitrogen and oxygen atoms in total. The van der Waals surface area contributed by atoms with E-state index < -0.39 is 17.8 Å². The number of hydrogen-bond donors (Lipinski definition) is 1. The summed E-state index contributed by atoms with van der Waals surface area (Å²) in [4.78, 5) is 0. The van der Waals surface area contributed by atoms with Crippen molar-refractivity contribution in [3.05, 3.63) is 35.4 Å². The highest BCUT2D eigenvalue weighted by Gasteiger charge is 2.19. The van der Waals surface area contributed by atoms with Gasteiger partial charge in [0, 0.05) is 12.1 Å². The van der Waals surface area contributed by atoms with Crippen molar-refractivity contribution in [2.24, 2.45) is 0 Å². The lowest BCUT2D eigenvalue weighted by Crippen LogP contribution is -2.38. The van der Waals surface area contributed by atoms with E-state index in [1.165, 1.54) is 12.1 Å². The molecule has 0 aromatic heterocycles. The largest absolute Gasteiger partial charge is 0.296 e. The van der Waals surface area contributed by atoms with Crippen LogP contribution in [-0.4, -0.2) is 12.2 Å². The quantitative estimate of drug-likeness (QED) is 0.843. The third kappa shape index (κ3) is 3.48. The van der Waals surface area contributed by atoms with Crippen molar-refractivity contribution < 1.29 is 8.78 Å². The minimum absolute atomic E-state index is 0.0625. The van der Waals surface area contributed by atoms with E-state index in [0.717, 1.165) is 31.7 Å². The standard InChI is InChI=1S/C13H16F2N2/c14-10-6-5-9(12(15)8-10)7-11-3-1-2-4-13(16)17-11/h5-6,8,11,13,17H,1-4,7H2. The number of halogens is 2. The summed E-state index contributed by atoms with van der Waals surface area (Å²) in [6.45, 7) is 0. The molecular weight excluding hydrogens is 222 g/mol. The van der Waals surface area contributed by atoms with Gasteiger partial charge in [-0.1, -0.05) is 18.9 Å². The molecule has 1 saturated heterocycles. The molecule has 0 saturated carbocycles. The van der Waals surface area contributed by atoms with Crippen molar-refractivity contribution in [1.29, 1.82) is 0 Å². The Labute approximate surface area is 100 Å². The van der Waals surface area contributed by atoms with E-state index in [9.17, 15) is 14.5 Å². The van der Waals surface area contributed by atoms with Crippen molar-refractivity contribution in [3.63, 3.8) is 0 Å². The SMILES string of the molecule is [N]C1CCCCC(Cc2ccc(F)cc2F)N1. The fourth-order valence-corrected chi connectivity index (χ4v) is 2.28. The number of rotatable bonds is 2. The predicted octanol–water partition coefficient (Wildman–Crippen LogP) is 2.43. The summed E-state index contributed by atoms with van der Waals surface area (Å²) in [5, 5.41) is 3.06. The molecule has 2 atom stereocenters. The fourth-order valence-electron chi connectivity index (χ4n) is 2.28. The van der Waals surface area contributed by atoms with Gasteiger partial charge in [-0.15, -0.1) is 5.73 Å². The summed E-state index contributed by atoms with van der Waals surface area (Å²) in [6, 6.07) is 3.71. The van der Waals surface area contributed by atoms with E-state index >= 15 is 0 Å². The predicted molar refractivity (Wildman–Crippen MR) is 61.4 cm³/mol. The zero-order valence-corrected chi connectivity index (χ0v) is 9.63. The second-order valence-electron chi connectivity index (χ2n) is 4.60. The first-order valence-electron chi connectivity index (χ1n) is 6.03. The van der Waals surface area contributed by atoms with Crippen LogP contribution in [0.1, 0.15) is 31.2 Å². The second-order valence-corrected chi connectivity index (χ2v) is 4.60. The van der Waals surface area contributed by atoms with Crippen LogP contribution < -0.4 is 11.1 Å². The van der Waals surface area contributed by atoms with E-state index in [1.54, 1.807) is 0 Å². The van der Waals surface area contributed by atoms with Crippen molar-refractivity contribution in [2.45, 2.75) is 44.3 Å². The van der Waals surface area contributed by atoms with E-state index in [-0.39, 0.29) is 6.04 Å². The Bertz CT molecular complexity index is 382. The van der Waals surface area contributed by atoms with Crippen molar-refractivity contribution in [1.82, 2.24) is 11.1 Å². The maximum absolute atomic E-state index is 13.5. The Morgan fingerprint density at radius 1 is 1.24 bits per heavy atom. The molecule has 0 bridgehead atoms. The molecule has 4 heteroatoms. The third-order valence-corrected chi connectivity index (χ3v) is 3.19. The molecule has 1 aromatic rings. The molecule has 1 fully saturated rings. The van der Waals surface area contributed by atoms with Crippen LogP contribution in [0.2, 0.25) is 0 Å². The van der Waals surface area contributed by atoms with E-state index in [2.05, 4.69) is 5.32 Å². The number of benzene rings is 1. The first kappa shape index (κ1) is 12.5. The monoisotopic (exact) mass is 238 g/mol. The second kappa shape index (κ2) is 5.56. The minimum atomic E-state index is -0.555. The van der Waals surface area contributed by atoms with Crippen LogP contribution in [0.15, 0.2) is 18.2 Å². The molecule has 1 aliphatic rings. The van der Waals surface area contributed by atoms with Crippen LogP contribution in [0.25, 0.3) is 0 Å². The van der Waals surface area contributed by atoms with Gasteiger partial charge in [-0.25, -0.2) is 8.78 Å². The summed E-state index contributed by atoms with van der Waals surface area (Å²) >= 11 is 0. The summed E-state index contributed by atoms with van der Waals surface area (Å²) in [7, 11) is 0. The lowest BCUT2D eigenvalue weighted by molar-refractivity contribution is 0.421. The number of nitrogens with zero attached hydrogens (tertiary/aromatic N) is 1. The van der Waals surface area contributed by atoms with Crippen LogP contribution in [0.3, 0.4) is 0 Å². The van der Waals surface area contributed by atoms with Gasteiger partial charge in [-0.2, -0.15) is 0 Å². The average Bonchev–Trinajstić information content (AvgIpc) is 2.47. The third-order valence-electron chi connectivity index (χ3n) is 3.19. The topological polar surface area (TPSA) is 34.3 Å². The molecule has 0 aliphatic carbocycles. The molecule has 0 amide bonds. The lowest BCUT2D eigenvalue weighted by Gasteiger charge is -2.18. The van der Waals surface area contributed by atoms with Crippen molar-refractivity contribution in [2.75, 3.05) is 0 Å². The van der Waals surface area contributed by atoms with Gasteiger partial charge in [0.1, 0.15) is 11.6 Å². The average molecular weight is 238 g/mol. The van der Waals surface area contributed by atoms with Crippen molar-refractivity contribution in [3.8, 4) is 0 Å². The highest BCUT2D eigenvalue weighted by molar-refractivity contribution is 5.19.